The third kappa shape index (κ3) is 5.17. The van der Waals surface area contributed by atoms with Gasteiger partial charge in [0.2, 0.25) is 5.89 Å². The number of nitrogens with zero attached hydrogens (tertiary/aromatic N) is 4. The molecule has 0 aliphatic rings. The lowest BCUT2D eigenvalue weighted by molar-refractivity contribution is 0.415. The van der Waals surface area contributed by atoms with Crippen LogP contribution in [0.2, 0.25) is 0 Å². The van der Waals surface area contributed by atoms with Crippen LogP contribution in [-0.2, 0) is 18.7 Å². The Morgan fingerprint density at radius 1 is 1.03 bits per heavy atom. The molecule has 2 heterocycles. The van der Waals surface area contributed by atoms with Gasteiger partial charge in [-0.15, -0.1) is 10.2 Å². The van der Waals surface area contributed by atoms with Gasteiger partial charge in [-0.3, -0.25) is 0 Å². The third-order valence-electron chi connectivity index (χ3n) is 5.00. The molecule has 0 spiro atoms. The smallest absolute Gasteiger partial charge is 0.204 e. The van der Waals surface area contributed by atoms with Crippen molar-refractivity contribution < 1.29 is 9.15 Å². The summed E-state index contributed by atoms with van der Waals surface area (Å²) >= 11 is 1.59. The molecule has 2 aromatic heterocycles. The molecule has 31 heavy (non-hydrogen) atoms. The summed E-state index contributed by atoms with van der Waals surface area (Å²) in [5, 5.41) is 9.83. The van der Waals surface area contributed by atoms with Crippen LogP contribution in [0.3, 0.4) is 0 Å². The van der Waals surface area contributed by atoms with Gasteiger partial charge >= 0.3 is 0 Å². The molecular formula is C24H26N4O2S. The molecule has 4 aromatic rings. The predicted octanol–water partition coefficient (Wildman–Crippen LogP) is 5.60. The maximum absolute atomic E-state index is 5.85. The van der Waals surface area contributed by atoms with Gasteiger partial charge in [-0.1, -0.05) is 55.9 Å². The number of aromatic nitrogens is 4. The molecule has 6 nitrogen and oxygen atoms in total. The fraction of sp³-hybridized carbons (Fsp3) is 0.292. The molecule has 0 amide bonds. The van der Waals surface area contributed by atoms with Gasteiger partial charge in [0.25, 0.3) is 0 Å². The maximum atomic E-state index is 5.85. The molecule has 0 unspecified atom stereocenters. The second-order valence-electron chi connectivity index (χ2n) is 7.52. The Kier molecular flexibility index (Phi) is 6.72. The van der Waals surface area contributed by atoms with E-state index in [1.165, 1.54) is 5.56 Å². The van der Waals surface area contributed by atoms with Crippen LogP contribution < -0.4 is 4.74 Å². The van der Waals surface area contributed by atoms with Gasteiger partial charge in [-0.2, -0.15) is 0 Å². The highest BCUT2D eigenvalue weighted by Gasteiger charge is 2.16. The SMILES string of the molecule is COc1ccc(-c2nnc(SCc3ncc(C(C)C)o3)n2CCc2ccccc2)cc1. The van der Waals surface area contributed by atoms with Gasteiger partial charge in [0, 0.05) is 18.0 Å². The van der Waals surface area contributed by atoms with Crippen LogP contribution in [0.4, 0.5) is 0 Å². The minimum Gasteiger partial charge on any atom is -0.497 e. The number of benzene rings is 2. The van der Waals surface area contributed by atoms with Crippen molar-refractivity contribution in [3.63, 3.8) is 0 Å². The quantitative estimate of drug-likeness (QED) is 0.320. The Bertz CT molecular complexity index is 1100. The first-order valence-corrected chi connectivity index (χ1v) is 11.3. The first-order chi connectivity index (χ1) is 15.1. The van der Waals surface area contributed by atoms with Crippen molar-refractivity contribution in [2.45, 2.75) is 43.6 Å². The summed E-state index contributed by atoms with van der Waals surface area (Å²) in [5.41, 5.74) is 2.29. The molecule has 0 fully saturated rings. The van der Waals surface area contributed by atoms with Crippen LogP contribution in [0.1, 0.15) is 37.0 Å². The summed E-state index contributed by atoms with van der Waals surface area (Å²) < 4.78 is 13.3. The Morgan fingerprint density at radius 2 is 1.81 bits per heavy atom. The van der Waals surface area contributed by atoms with Crippen LogP contribution in [0, 0.1) is 0 Å². The van der Waals surface area contributed by atoms with Gasteiger partial charge < -0.3 is 13.7 Å². The molecule has 0 saturated carbocycles. The number of oxazole rings is 1. The molecule has 0 N–H and O–H groups in total. The van der Waals surface area contributed by atoms with E-state index < -0.39 is 0 Å². The number of rotatable bonds is 9. The highest BCUT2D eigenvalue weighted by atomic mass is 32.2. The second kappa shape index (κ2) is 9.83. The topological polar surface area (TPSA) is 66.0 Å². The van der Waals surface area contributed by atoms with E-state index in [1.807, 2.05) is 36.5 Å². The van der Waals surface area contributed by atoms with Crippen LogP contribution in [0.25, 0.3) is 11.4 Å². The summed E-state index contributed by atoms with van der Waals surface area (Å²) in [5.74, 6) is 4.20. The minimum absolute atomic E-state index is 0.322. The zero-order chi connectivity index (χ0) is 21.6. The molecule has 0 radical (unpaired) electrons. The molecule has 0 bridgehead atoms. The molecule has 2 aromatic carbocycles. The van der Waals surface area contributed by atoms with E-state index in [4.69, 9.17) is 9.15 Å². The largest absolute Gasteiger partial charge is 0.497 e. The fourth-order valence-corrected chi connectivity index (χ4v) is 4.04. The van der Waals surface area contributed by atoms with E-state index in [0.29, 0.717) is 17.6 Å². The Balaban J connectivity index is 1.57. The number of hydrogen-bond donors (Lipinski definition) is 0. The number of aryl methyl sites for hydroxylation is 1. The number of methoxy groups -OCH3 is 1. The average Bonchev–Trinajstić information content (AvgIpc) is 3.44. The van der Waals surface area contributed by atoms with Crippen molar-refractivity contribution in [2.75, 3.05) is 7.11 Å². The van der Waals surface area contributed by atoms with Crippen molar-refractivity contribution in [3.05, 3.63) is 78.0 Å². The van der Waals surface area contributed by atoms with Gasteiger partial charge in [0.15, 0.2) is 11.0 Å². The molecule has 7 heteroatoms. The van der Waals surface area contributed by atoms with E-state index in [2.05, 4.69) is 57.9 Å². The predicted molar refractivity (Wildman–Crippen MR) is 122 cm³/mol. The maximum Gasteiger partial charge on any atom is 0.204 e. The first-order valence-electron chi connectivity index (χ1n) is 10.3. The van der Waals surface area contributed by atoms with E-state index in [1.54, 1.807) is 18.9 Å². The molecular weight excluding hydrogens is 408 g/mol. The normalized spacial score (nSPS) is 11.2. The molecule has 160 valence electrons. The zero-order valence-corrected chi connectivity index (χ0v) is 18.8. The van der Waals surface area contributed by atoms with Crippen molar-refractivity contribution in [2.24, 2.45) is 0 Å². The second-order valence-corrected chi connectivity index (χ2v) is 8.46. The third-order valence-corrected chi connectivity index (χ3v) is 5.95. The highest BCUT2D eigenvalue weighted by Crippen LogP contribution is 2.28. The Hall–Kier alpha value is -3.06. The average molecular weight is 435 g/mol. The summed E-state index contributed by atoms with van der Waals surface area (Å²) in [6, 6.07) is 18.4. The molecule has 0 saturated heterocycles. The van der Waals surface area contributed by atoms with E-state index in [-0.39, 0.29) is 0 Å². The summed E-state index contributed by atoms with van der Waals surface area (Å²) in [6.07, 6.45) is 2.70. The van der Waals surface area contributed by atoms with Gasteiger partial charge in [0.05, 0.1) is 19.1 Å². The Labute approximate surface area is 186 Å². The summed E-state index contributed by atoms with van der Waals surface area (Å²) in [4.78, 5) is 4.40. The lowest BCUT2D eigenvalue weighted by Crippen LogP contribution is -2.05. The van der Waals surface area contributed by atoms with E-state index >= 15 is 0 Å². The number of hydrogen-bond acceptors (Lipinski definition) is 6. The monoisotopic (exact) mass is 434 g/mol. The van der Waals surface area contributed by atoms with Crippen LogP contribution in [0.5, 0.6) is 5.75 Å². The highest BCUT2D eigenvalue weighted by molar-refractivity contribution is 7.98. The minimum atomic E-state index is 0.322. The summed E-state index contributed by atoms with van der Waals surface area (Å²) in [7, 11) is 1.67. The van der Waals surface area contributed by atoms with E-state index in [9.17, 15) is 0 Å². The van der Waals surface area contributed by atoms with Crippen LogP contribution in [0.15, 0.2) is 70.4 Å². The van der Waals surface area contributed by atoms with Crippen LogP contribution in [-0.4, -0.2) is 26.9 Å². The fourth-order valence-electron chi connectivity index (χ4n) is 3.22. The first kappa shape index (κ1) is 21.2. The van der Waals surface area contributed by atoms with Crippen molar-refractivity contribution in [3.8, 4) is 17.1 Å². The lowest BCUT2D eigenvalue weighted by Gasteiger charge is -2.10. The zero-order valence-electron chi connectivity index (χ0n) is 18.0. The van der Waals surface area contributed by atoms with Crippen molar-refractivity contribution in [1.29, 1.82) is 0 Å². The molecule has 0 aliphatic carbocycles. The molecule has 0 aliphatic heterocycles. The van der Waals surface area contributed by atoms with Gasteiger partial charge in [-0.25, -0.2) is 4.98 Å². The van der Waals surface area contributed by atoms with Crippen LogP contribution >= 0.6 is 11.8 Å². The van der Waals surface area contributed by atoms with Gasteiger partial charge in [-0.05, 0) is 36.2 Å². The molecule has 0 atom stereocenters. The van der Waals surface area contributed by atoms with Crippen molar-refractivity contribution in [1.82, 2.24) is 19.7 Å². The Morgan fingerprint density at radius 3 is 2.48 bits per heavy atom. The van der Waals surface area contributed by atoms with Crippen molar-refractivity contribution >= 4 is 11.8 Å². The van der Waals surface area contributed by atoms with Gasteiger partial charge in [0.1, 0.15) is 11.5 Å². The number of ether oxygens (including phenoxy) is 1. The standard InChI is InChI=1S/C24H26N4O2S/c1-17(2)21-15-25-22(30-21)16-31-24-27-26-23(19-9-11-20(29-3)12-10-19)28(24)14-13-18-7-5-4-6-8-18/h4-12,15,17H,13-14,16H2,1-3H3. The molecule has 4 rings (SSSR count). The lowest BCUT2D eigenvalue weighted by atomic mass is 10.1. The summed E-state index contributed by atoms with van der Waals surface area (Å²) in [6.45, 7) is 4.97. The number of thioether (sulfide) groups is 1. The van der Waals surface area contributed by atoms with E-state index in [0.717, 1.165) is 41.0 Å².